The number of hydrogen-bond donors (Lipinski definition) is 1. The lowest BCUT2D eigenvalue weighted by Gasteiger charge is -2.17. The summed E-state index contributed by atoms with van der Waals surface area (Å²) >= 11 is 0. The molecule has 2 N–H and O–H groups in total. The van der Waals surface area contributed by atoms with E-state index in [0.717, 1.165) is 11.3 Å². The highest BCUT2D eigenvalue weighted by Gasteiger charge is 2.24. The van der Waals surface area contributed by atoms with Gasteiger partial charge in [0.15, 0.2) is 5.03 Å². The van der Waals surface area contributed by atoms with E-state index in [1.807, 2.05) is 12.1 Å². The molecule has 2 aromatic rings. The average Bonchev–Trinajstić information content (AvgIpc) is 2.48. The average molecular weight is 307 g/mol. The summed E-state index contributed by atoms with van der Waals surface area (Å²) < 4.78 is 31.2. The fourth-order valence-corrected chi connectivity index (χ4v) is 3.01. The van der Waals surface area contributed by atoms with E-state index in [2.05, 4.69) is 4.98 Å². The monoisotopic (exact) mass is 307 g/mol. The highest BCUT2D eigenvalue weighted by molar-refractivity contribution is 7.89. The second kappa shape index (κ2) is 6.11. The van der Waals surface area contributed by atoms with Crippen LogP contribution in [-0.4, -0.2) is 31.9 Å². The minimum Gasteiger partial charge on any atom is -0.497 e. The van der Waals surface area contributed by atoms with Gasteiger partial charge in [-0.3, -0.25) is 0 Å². The van der Waals surface area contributed by atoms with Gasteiger partial charge >= 0.3 is 0 Å². The van der Waals surface area contributed by atoms with Crippen molar-refractivity contribution in [2.24, 2.45) is 0 Å². The van der Waals surface area contributed by atoms with Crippen molar-refractivity contribution in [3.8, 4) is 5.75 Å². The molecule has 0 atom stereocenters. The Balaban J connectivity index is 2.22. The van der Waals surface area contributed by atoms with Crippen LogP contribution in [0.15, 0.2) is 47.6 Å². The Kier molecular flexibility index (Phi) is 4.44. The van der Waals surface area contributed by atoms with E-state index in [1.165, 1.54) is 23.6 Å². The Morgan fingerprint density at radius 2 is 1.90 bits per heavy atom. The maximum atomic E-state index is 12.4. The number of aromatic nitrogens is 1. The Morgan fingerprint density at radius 3 is 2.48 bits per heavy atom. The maximum Gasteiger partial charge on any atom is 0.262 e. The molecule has 0 amide bonds. The van der Waals surface area contributed by atoms with Gasteiger partial charge in [-0.05, 0) is 29.8 Å². The third kappa shape index (κ3) is 3.32. The summed E-state index contributed by atoms with van der Waals surface area (Å²) in [4.78, 5) is 3.87. The normalized spacial score (nSPS) is 11.6. The van der Waals surface area contributed by atoms with Gasteiger partial charge in [-0.15, -0.1) is 0 Å². The second-order valence-electron chi connectivity index (χ2n) is 4.51. The summed E-state index contributed by atoms with van der Waals surface area (Å²) in [6.07, 6.45) is 1.41. The first-order valence-electron chi connectivity index (χ1n) is 6.25. The molecule has 1 aromatic carbocycles. The van der Waals surface area contributed by atoms with Gasteiger partial charge in [-0.2, -0.15) is 4.31 Å². The number of hydrogen-bond acceptors (Lipinski definition) is 5. The number of nitrogen functional groups attached to an aromatic ring is 1. The van der Waals surface area contributed by atoms with Crippen molar-refractivity contribution in [3.63, 3.8) is 0 Å². The zero-order valence-corrected chi connectivity index (χ0v) is 12.7. The van der Waals surface area contributed by atoms with E-state index in [-0.39, 0.29) is 17.3 Å². The van der Waals surface area contributed by atoms with Crippen molar-refractivity contribution in [2.45, 2.75) is 11.6 Å². The first-order valence-corrected chi connectivity index (χ1v) is 7.69. The summed E-state index contributed by atoms with van der Waals surface area (Å²) in [7, 11) is -0.645. The number of benzene rings is 1. The van der Waals surface area contributed by atoms with Crippen LogP contribution in [0.25, 0.3) is 0 Å². The fourth-order valence-electron chi connectivity index (χ4n) is 1.84. The highest BCUT2D eigenvalue weighted by atomic mass is 32.2. The molecule has 0 bridgehead atoms. The van der Waals surface area contributed by atoms with Crippen molar-refractivity contribution in [2.75, 3.05) is 19.9 Å². The number of pyridine rings is 1. The SMILES string of the molecule is COc1ccc(CN(C)S(=O)(=O)c2ncccc2N)cc1. The highest BCUT2D eigenvalue weighted by Crippen LogP contribution is 2.20. The van der Waals surface area contributed by atoms with Crippen LogP contribution in [0, 0.1) is 0 Å². The minimum absolute atomic E-state index is 0.124. The Morgan fingerprint density at radius 1 is 1.24 bits per heavy atom. The predicted octanol–water partition coefficient (Wildman–Crippen LogP) is 1.49. The van der Waals surface area contributed by atoms with Crippen molar-refractivity contribution in [1.82, 2.24) is 9.29 Å². The van der Waals surface area contributed by atoms with Gasteiger partial charge in [0, 0.05) is 19.8 Å². The van der Waals surface area contributed by atoms with Gasteiger partial charge in [-0.25, -0.2) is 13.4 Å². The van der Waals surface area contributed by atoms with Gasteiger partial charge in [0.25, 0.3) is 10.0 Å². The molecule has 0 saturated carbocycles. The standard InChI is InChI=1S/C14H17N3O3S/c1-17(10-11-5-7-12(20-2)8-6-11)21(18,19)14-13(15)4-3-9-16-14/h3-9H,10,15H2,1-2H3. The smallest absolute Gasteiger partial charge is 0.262 e. The molecule has 0 aliphatic carbocycles. The third-order valence-corrected chi connectivity index (χ3v) is 4.80. The topological polar surface area (TPSA) is 85.5 Å². The van der Waals surface area contributed by atoms with Gasteiger partial charge in [0.2, 0.25) is 0 Å². The lowest BCUT2D eigenvalue weighted by Crippen LogP contribution is -2.28. The van der Waals surface area contributed by atoms with Crippen molar-refractivity contribution >= 4 is 15.7 Å². The Labute approximate surface area is 124 Å². The van der Waals surface area contributed by atoms with Crippen LogP contribution in [0.3, 0.4) is 0 Å². The molecule has 1 aromatic heterocycles. The van der Waals surface area contributed by atoms with E-state index in [4.69, 9.17) is 10.5 Å². The summed E-state index contributed by atoms with van der Waals surface area (Å²) in [6, 6.07) is 10.3. The van der Waals surface area contributed by atoms with Crippen LogP contribution in [0.4, 0.5) is 5.69 Å². The van der Waals surface area contributed by atoms with E-state index in [0.29, 0.717) is 0 Å². The number of nitrogens with zero attached hydrogens (tertiary/aromatic N) is 2. The van der Waals surface area contributed by atoms with Gasteiger partial charge in [0.1, 0.15) is 5.75 Å². The van der Waals surface area contributed by atoms with E-state index < -0.39 is 10.0 Å². The molecule has 0 spiro atoms. The van der Waals surface area contributed by atoms with Crippen LogP contribution in [0.2, 0.25) is 0 Å². The predicted molar refractivity (Wildman–Crippen MR) is 80.3 cm³/mol. The summed E-state index contributed by atoms with van der Waals surface area (Å²) in [5.74, 6) is 0.721. The molecule has 0 aliphatic heterocycles. The van der Waals surface area contributed by atoms with Gasteiger partial charge in [0.05, 0.1) is 12.8 Å². The quantitative estimate of drug-likeness (QED) is 0.904. The molecule has 2 rings (SSSR count). The van der Waals surface area contributed by atoms with Crippen LogP contribution < -0.4 is 10.5 Å². The molecule has 0 radical (unpaired) electrons. The number of nitrogens with two attached hydrogens (primary N) is 1. The fraction of sp³-hybridized carbons (Fsp3) is 0.214. The number of ether oxygens (including phenoxy) is 1. The van der Waals surface area contributed by atoms with Crippen LogP contribution in [0.5, 0.6) is 5.75 Å². The second-order valence-corrected chi connectivity index (χ2v) is 6.47. The molecule has 6 nitrogen and oxygen atoms in total. The van der Waals surface area contributed by atoms with Gasteiger partial charge in [-0.1, -0.05) is 12.1 Å². The summed E-state index contributed by atoms with van der Waals surface area (Å²) in [5, 5.41) is -0.124. The molecule has 0 fully saturated rings. The first kappa shape index (κ1) is 15.3. The third-order valence-electron chi connectivity index (χ3n) is 3.02. The Bertz CT molecular complexity index is 714. The summed E-state index contributed by atoms with van der Waals surface area (Å²) in [5.41, 5.74) is 6.67. The number of sulfonamides is 1. The van der Waals surface area contributed by atoms with Crippen molar-refractivity contribution in [3.05, 3.63) is 48.2 Å². The molecule has 0 saturated heterocycles. The number of rotatable bonds is 5. The van der Waals surface area contributed by atoms with Gasteiger partial charge < -0.3 is 10.5 Å². The van der Waals surface area contributed by atoms with Crippen molar-refractivity contribution < 1.29 is 13.2 Å². The van der Waals surface area contributed by atoms with Crippen LogP contribution in [0.1, 0.15) is 5.56 Å². The first-order chi connectivity index (χ1) is 9.95. The van der Waals surface area contributed by atoms with E-state index >= 15 is 0 Å². The van der Waals surface area contributed by atoms with E-state index in [1.54, 1.807) is 25.3 Å². The zero-order valence-electron chi connectivity index (χ0n) is 11.9. The molecular weight excluding hydrogens is 290 g/mol. The largest absolute Gasteiger partial charge is 0.497 e. The van der Waals surface area contributed by atoms with Crippen LogP contribution in [-0.2, 0) is 16.6 Å². The molecule has 0 aliphatic rings. The lowest BCUT2D eigenvalue weighted by atomic mass is 10.2. The summed E-state index contributed by atoms with van der Waals surface area (Å²) in [6.45, 7) is 0.225. The molecular formula is C14H17N3O3S. The number of anilines is 1. The molecule has 7 heteroatoms. The zero-order chi connectivity index (χ0) is 15.5. The lowest BCUT2D eigenvalue weighted by molar-refractivity contribution is 0.414. The molecule has 0 unspecified atom stereocenters. The van der Waals surface area contributed by atoms with E-state index in [9.17, 15) is 8.42 Å². The Hall–Kier alpha value is -2.12. The molecule has 112 valence electrons. The number of methoxy groups -OCH3 is 1. The molecule has 1 heterocycles. The van der Waals surface area contributed by atoms with Crippen molar-refractivity contribution in [1.29, 1.82) is 0 Å². The molecule has 21 heavy (non-hydrogen) atoms. The van der Waals surface area contributed by atoms with Crippen LogP contribution >= 0.6 is 0 Å². The minimum atomic E-state index is -3.72. The maximum absolute atomic E-state index is 12.4.